The number of nitrogens with zero attached hydrogens (tertiary/aromatic N) is 2. The molecular weight excluding hydrogens is 458 g/mol. The van der Waals surface area contributed by atoms with E-state index in [0.29, 0.717) is 16.3 Å². The number of halogens is 1. The third kappa shape index (κ3) is 4.67. The molecule has 0 aliphatic rings. The molecule has 0 bridgehead atoms. The first-order chi connectivity index (χ1) is 14.9. The van der Waals surface area contributed by atoms with Crippen LogP contribution < -0.4 is 9.88 Å². The average molecular weight is 478 g/mol. The Morgan fingerprint density at radius 1 is 1.16 bits per heavy atom. The van der Waals surface area contributed by atoms with Crippen molar-refractivity contribution < 1.29 is 22.9 Å². The normalized spacial score (nSPS) is 12.4. The van der Waals surface area contributed by atoms with Gasteiger partial charge in [-0.2, -0.15) is 0 Å². The molecule has 3 rings (SSSR count). The second-order valence-corrected chi connectivity index (χ2v) is 9.15. The number of aryl methyl sites for hydroxylation is 1. The molecule has 0 saturated heterocycles. The molecule has 0 saturated carbocycles. The average Bonchev–Trinajstić information content (AvgIpc) is 3.01. The van der Waals surface area contributed by atoms with Crippen LogP contribution in [0, 0.1) is 24.0 Å². The van der Waals surface area contributed by atoms with Crippen LogP contribution in [0.3, 0.4) is 0 Å². The van der Waals surface area contributed by atoms with Crippen molar-refractivity contribution >= 4 is 33.1 Å². The van der Waals surface area contributed by atoms with Gasteiger partial charge in [0.05, 0.1) is 9.82 Å². The van der Waals surface area contributed by atoms with Gasteiger partial charge in [-0.25, -0.2) is 13.6 Å². The third-order valence-corrected chi connectivity index (χ3v) is 6.07. The fourth-order valence-electron chi connectivity index (χ4n) is 3.38. The first kappa shape index (κ1) is 23.5. The smallest absolute Gasteiger partial charge is 0.312 e. The number of carbonyl (C=O) groups excluding carboxylic acids is 1. The van der Waals surface area contributed by atoms with E-state index in [4.69, 9.17) is 21.5 Å². The molecule has 0 spiro atoms. The molecule has 0 aliphatic carbocycles. The van der Waals surface area contributed by atoms with Crippen LogP contribution in [0.2, 0.25) is 5.02 Å². The van der Waals surface area contributed by atoms with Crippen molar-refractivity contribution in [3.63, 3.8) is 0 Å². The Bertz CT molecular complexity index is 1320. The van der Waals surface area contributed by atoms with Gasteiger partial charge in [-0.15, -0.1) is 0 Å². The van der Waals surface area contributed by atoms with Crippen molar-refractivity contribution in [3.05, 3.63) is 80.6 Å². The maximum atomic E-state index is 13.1. The van der Waals surface area contributed by atoms with Crippen molar-refractivity contribution in [3.8, 4) is 11.4 Å². The molecule has 1 atom stereocenters. The highest BCUT2D eigenvalue weighted by atomic mass is 35.5. The molecule has 0 radical (unpaired) electrons. The summed E-state index contributed by atoms with van der Waals surface area (Å²) < 4.78 is 30.4. The number of rotatable bonds is 7. The minimum Gasteiger partial charge on any atom is -0.475 e. The molecule has 9 nitrogen and oxygen atoms in total. The van der Waals surface area contributed by atoms with E-state index in [2.05, 4.69) is 0 Å². The number of hydrogen-bond acceptors (Lipinski definition) is 6. The summed E-state index contributed by atoms with van der Waals surface area (Å²) in [4.78, 5) is 23.3. The highest BCUT2D eigenvalue weighted by Gasteiger charge is 2.27. The molecular formula is C21H20ClN3O6S. The van der Waals surface area contributed by atoms with E-state index >= 15 is 0 Å². The molecule has 0 fully saturated rings. The number of ketones is 1. The molecule has 1 heterocycles. The zero-order chi connectivity index (χ0) is 23.8. The van der Waals surface area contributed by atoms with E-state index in [9.17, 15) is 23.3 Å². The standard InChI is InChI=1S/C21H20ClN3O6S/c1-12-10-18(13(2)24(12)16-6-4-15(22)5-7-16)21(26)14(3)31-20-9-8-17(32(23,29)30)11-19(20)25(27)28/h4-11,14H,1-3H3,(H2,23,29,30)/t14-/m1/s1. The number of Topliss-reactive ketones (excluding diaryl/α,β-unsaturated/α-hetero) is 1. The van der Waals surface area contributed by atoms with E-state index in [1.54, 1.807) is 25.1 Å². The second kappa shape index (κ2) is 8.73. The van der Waals surface area contributed by atoms with Crippen molar-refractivity contribution in [1.82, 2.24) is 4.57 Å². The Hall–Kier alpha value is -3.21. The number of primary sulfonamides is 1. The minimum atomic E-state index is -4.14. The summed E-state index contributed by atoms with van der Waals surface area (Å²) in [5.41, 5.74) is 2.09. The zero-order valence-electron chi connectivity index (χ0n) is 17.4. The summed E-state index contributed by atoms with van der Waals surface area (Å²) in [6.07, 6.45) is -1.08. The Labute approximate surface area is 189 Å². The maximum absolute atomic E-state index is 13.1. The molecule has 2 N–H and O–H groups in total. The molecule has 0 unspecified atom stereocenters. The number of aromatic nitrogens is 1. The van der Waals surface area contributed by atoms with E-state index < -0.39 is 31.6 Å². The van der Waals surface area contributed by atoms with Gasteiger partial charge in [0.1, 0.15) is 0 Å². The van der Waals surface area contributed by atoms with Gasteiger partial charge in [-0.05, 0) is 63.2 Å². The highest BCUT2D eigenvalue weighted by molar-refractivity contribution is 7.89. The Morgan fingerprint density at radius 3 is 2.34 bits per heavy atom. The first-order valence-electron chi connectivity index (χ1n) is 9.37. The number of sulfonamides is 1. The zero-order valence-corrected chi connectivity index (χ0v) is 19.0. The lowest BCUT2D eigenvalue weighted by Gasteiger charge is -2.15. The predicted molar refractivity (Wildman–Crippen MR) is 119 cm³/mol. The van der Waals surface area contributed by atoms with Crippen LogP contribution >= 0.6 is 11.6 Å². The largest absolute Gasteiger partial charge is 0.475 e. The number of ether oxygens (including phenoxy) is 1. The summed E-state index contributed by atoms with van der Waals surface area (Å²) >= 11 is 5.95. The summed E-state index contributed by atoms with van der Waals surface area (Å²) in [5, 5.41) is 17.0. The first-order valence-corrected chi connectivity index (χ1v) is 11.3. The van der Waals surface area contributed by atoms with Crippen molar-refractivity contribution in [2.75, 3.05) is 0 Å². The third-order valence-electron chi connectivity index (χ3n) is 4.91. The molecule has 32 heavy (non-hydrogen) atoms. The quantitative estimate of drug-likeness (QED) is 0.311. The lowest BCUT2D eigenvalue weighted by atomic mass is 10.1. The van der Waals surface area contributed by atoms with E-state index in [1.807, 2.05) is 23.6 Å². The number of nitro benzene ring substituents is 1. The van der Waals surface area contributed by atoms with E-state index in [-0.39, 0.29) is 11.5 Å². The van der Waals surface area contributed by atoms with Gasteiger partial charge in [-0.3, -0.25) is 14.9 Å². The van der Waals surface area contributed by atoms with Crippen molar-refractivity contribution in [2.45, 2.75) is 31.8 Å². The number of hydrogen-bond donors (Lipinski definition) is 1. The van der Waals surface area contributed by atoms with Crippen LogP contribution in [-0.2, 0) is 10.0 Å². The van der Waals surface area contributed by atoms with Crippen LogP contribution in [0.4, 0.5) is 5.69 Å². The van der Waals surface area contributed by atoms with E-state index in [1.165, 1.54) is 6.92 Å². The summed E-state index contributed by atoms with van der Waals surface area (Å²) in [7, 11) is -4.14. The van der Waals surface area contributed by atoms with Crippen molar-refractivity contribution in [2.24, 2.45) is 5.14 Å². The maximum Gasteiger partial charge on any atom is 0.312 e. The molecule has 1 aromatic heterocycles. The molecule has 0 amide bonds. The molecule has 0 aliphatic heterocycles. The van der Waals surface area contributed by atoms with Crippen LogP contribution in [0.1, 0.15) is 28.7 Å². The summed E-state index contributed by atoms with van der Waals surface area (Å²) in [6.45, 7) is 5.10. The Balaban J connectivity index is 1.92. The number of nitrogens with two attached hydrogens (primary N) is 1. The Morgan fingerprint density at radius 2 is 1.78 bits per heavy atom. The van der Waals surface area contributed by atoms with Crippen LogP contribution in [0.5, 0.6) is 5.75 Å². The number of carbonyl (C=O) groups is 1. The van der Waals surface area contributed by atoms with Crippen LogP contribution in [-0.4, -0.2) is 29.8 Å². The van der Waals surface area contributed by atoms with Gasteiger partial charge in [0.15, 0.2) is 11.9 Å². The van der Waals surface area contributed by atoms with Crippen molar-refractivity contribution in [1.29, 1.82) is 0 Å². The lowest BCUT2D eigenvalue weighted by molar-refractivity contribution is -0.386. The molecule has 11 heteroatoms. The highest BCUT2D eigenvalue weighted by Crippen LogP contribution is 2.31. The predicted octanol–water partition coefficient (Wildman–Crippen LogP) is 3.95. The van der Waals surface area contributed by atoms with Gasteiger partial charge in [0, 0.05) is 33.7 Å². The lowest BCUT2D eigenvalue weighted by Crippen LogP contribution is -2.25. The Kier molecular flexibility index (Phi) is 6.40. The van der Waals surface area contributed by atoms with Gasteiger partial charge >= 0.3 is 5.69 Å². The van der Waals surface area contributed by atoms with Crippen LogP contribution in [0.15, 0.2) is 53.4 Å². The number of nitro groups is 1. The molecule has 2 aromatic carbocycles. The minimum absolute atomic E-state index is 0.241. The fraction of sp³-hybridized carbons (Fsp3) is 0.190. The molecule has 3 aromatic rings. The van der Waals surface area contributed by atoms with Gasteiger partial charge < -0.3 is 9.30 Å². The topological polar surface area (TPSA) is 135 Å². The van der Waals surface area contributed by atoms with Crippen LogP contribution in [0.25, 0.3) is 5.69 Å². The monoisotopic (exact) mass is 477 g/mol. The summed E-state index contributed by atoms with van der Waals surface area (Å²) in [6, 6.07) is 11.8. The van der Waals surface area contributed by atoms with Gasteiger partial charge in [0.25, 0.3) is 0 Å². The van der Waals surface area contributed by atoms with Gasteiger partial charge in [-0.1, -0.05) is 11.6 Å². The molecule has 168 valence electrons. The summed E-state index contributed by atoms with van der Waals surface area (Å²) in [5.74, 6) is -0.627. The number of benzene rings is 2. The fourth-order valence-corrected chi connectivity index (χ4v) is 4.04. The SMILES string of the molecule is Cc1cc(C(=O)[C@@H](C)Oc2ccc(S(N)(=O)=O)cc2[N+](=O)[O-])c(C)n1-c1ccc(Cl)cc1. The van der Waals surface area contributed by atoms with Gasteiger partial charge in [0.2, 0.25) is 15.8 Å². The van der Waals surface area contributed by atoms with E-state index in [0.717, 1.165) is 29.6 Å². The second-order valence-electron chi connectivity index (χ2n) is 7.15.